The molecule has 0 aromatic heterocycles. The number of rotatable bonds is 9. The Kier molecular flexibility index (Phi) is 7.67. The van der Waals surface area contributed by atoms with E-state index in [1.54, 1.807) is 47.4 Å². The van der Waals surface area contributed by atoms with Crippen molar-refractivity contribution in [1.82, 2.24) is 4.90 Å². The van der Waals surface area contributed by atoms with E-state index in [0.29, 0.717) is 24.5 Å². The van der Waals surface area contributed by atoms with Crippen LogP contribution in [0.4, 0.5) is 10.1 Å². The van der Waals surface area contributed by atoms with Crippen molar-refractivity contribution in [3.8, 4) is 5.75 Å². The number of nitrogens with zero attached hydrogens (tertiary/aromatic N) is 1. The van der Waals surface area contributed by atoms with Crippen LogP contribution in [0.15, 0.2) is 77.7 Å². The number of halogens is 1. The molecule has 1 N–H and O–H groups in total. The number of methoxy groups -OCH3 is 1. The molecule has 1 aliphatic rings. The van der Waals surface area contributed by atoms with Crippen molar-refractivity contribution in [2.75, 3.05) is 25.0 Å². The molecule has 0 aliphatic carbocycles. The molecule has 9 heteroatoms. The van der Waals surface area contributed by atoms with Gasteiger partial charge in [0.1, 0.15) is 11.6 Å². The molecule has 1 aliphatic heterocycles. The normalized spacial score (nSPS) is 15.5. The van der Waals surface area contributed by atoms with E-state index in [-0.39, 0.29) is 40.5 Å². The lowest BCUT2D eigenvalue weighted by Crippen LogP contribution is -2.37. The number of para-hydroxylation sites is 2. The second kappa shape index (κ2) is 10.9. The molecular formula is C26H27FN2O5S. The van der Waals surface area contributed by atoms with E-state index in [1.165, 1.54) is 37.4 Å². The van der Waals surface area contributed by atoms with Crippen molar-refractivity contribution in [1.29, 1.82) is 0 Å². The Morgan fingerprint density at radius 1 is 1.11 bits per heavy atom. The van der Waals surface area contributed by atoms with Crippen LogP contribution >= 0.6 is 0 Å². The minimum atomic E-state index is -3.99. The van der Waals surface area contributed by atoms with E-state index >= 15 is 0 Å². The first-order chi connectivity index (χ1) is 16.9. The fourth-order valence-corrected chi connectivity index (χ4v) is 5.14. The summed E-state index contributed by atoms with van der Waals surface area (Å²) in [4.78, 5) is 15.0. The Balaban J connectivity index is 1.60. The molecule has 35 heavy (non-hydrogen) atoms. The van der Waals surface area contributed by atoms with Crippen LogP contribution in [-0.4, -0.2) is 45.6 Å². The Hall–Kier alpha value is -3.43. The van der Waals surface area contributed by atoms with Crippen LogP contribution < -0.4 is 9.46 Å². The van der Waals surface area contributed by atoms with Gasteiger partial charge in [-0.25, -0.2) is 12.8 Å². The number of sulfonamides is 1. The second-order valence-corrected chi connectivity index (χ2v) is 9.97. The predicted octanol–water partition coefficient (Wildman–Crippen LogP) is 4.46. The highest BCUT2D eigenvalue weighted by Gasteiger charge is 2.25. The summed E-state index contributed by atoms with van der Waals surface area (Å²) >= 11 is 0. The van der Waals surface area contributed by atoms with Gasteiger partial charge in [0.15, 0.2) is 0 Å². The van der Waals surface area contributed by atoms with Crippen LogP contribution in [-0.2, 0) is 21.3 Å². The summed E-state index contributed by atoms with van der Waals surface area (Å²) in [5.74, 6) is -0.372. The number of hydrogen-bond acceptors (Lipinski definition) is 5. The van der Waals surface area contributed by atoms with Crippen molar-refractivity contribution in [2.24, 2.45) is 0 Å². The molecule has 1 fully saturated rings. The van der Waals surface area contributed by atoms with Gasteiger partial charge in [-0.3, -0.25) is 9.52 Å². The first-order valence-corrected chi connectivity index (χ1v) is 12.8. The van der Waals surface area contributed by atoms with E-state index in [9.17, 15) is 17.6 Å². The van der Waals surface area contributed by atoms with Crippen LogP contribution in [0.25, 0.3) is 0 Å². The molecule has 7 nitrogen and oxygen atoms in total. The lowest BCUT2D eigenvalue weighted by atomic mass is 10.1. The quantitative estimate of drug-likeness (QED) is 0.471. The molecule has 4 rings (SSSR count). The smallest absolute Gasteiger partial charge is 0.262 e. The molecule has 1 heterocycles. The van der Waals surface area contributed by atoms with Gasteiger partial charge in [0.05, 0.1) is 23.8 Å². The summed E-state index contributed by atoms with van der Waals surface area (Å²) in [6, 6.07) is 18.6. The lowest BCUT2D eigenvalue weighted by molar-refractivity contribution is 0.0507. The van der Waals surface area contributed by atoms with Crippen LogP contribution in [0, 0.1) is 5.82 Å². The standard InChI is InChI=1S/C26H27FN2O5S/c1-33-25-13-3-2-12-24(25)28-35(31,32)23-11-5-8-20(16-23)26(30)29(18-22-10-6-14-34-22)17-19-7-4-9-21(27)15-19/h2-5,7-9,11-13,15-16,22,28H,6,10,14,17-18H2,1H3. The van der Waals surface area contributed by atoms with Crippen LogP contribution in [0.5, 0.6) is 5.75 Å². The van der Waals surface area contributed by atoms with Gasteiger partial charge in [-0.1, -0.05) is 30.3 Å². The fourth-order valence-electron chi connectivity index (χ4n) is 4.02. The SMILES string of the molecule is COc1ccccc1NS(=O)(=O)c1cccc(C(=O)N(Cc2cccc(F)c2)CC2CCCO2)c1. The Bertz CT molecular complexity index is 1290. The molecule has 0 saturated carbocycles. The summed E-state index contributed by atoms with van der Waals surface area (Å²) in [5.41, 5.74) is 1.14. The van der Waals surface area contributed by atoms with Crippen molar-refractivity contribution in [3.63, 3.8) is 0 Å². The number of ether oxygens (including phenoxy) is 2. The third-order valence-electron chi connectivity index (χ3n) is 5.74. The molecule has 1 amide bonds. The number of hydrogen-bond donors (Lipinski definition) is 1. The predicted molar refractivity (Wildman–Crippen MR) is 130 cm³/mol. The van der Waals surface area contributed by atoms with E-state index in [0.717, 1.165) is 12.8 Å². The van der Waals surface area contributed by atoms with Gasteiger partial charge in [0.2, 0.25) is 0 Å². The number of amides is 1. The van der Waals surface area contributed by atoms with Gasteiger partial charge >= 0.3 is 0 Å². The summed E-state index contributed by atoms with van der Waals surface area (Å²) in [6.07, 6.45) is 1.62. The maximum absolute atomic E-state index is 13.8. The minimum absolute atomic E-state index is 0.0583. The number of carbonyl (C=O) groups excluding carboxylic acids is 1. The first-order valence-electron chi connectivity index (χ1n) is 11.3. The first kappa shape index (κ1) is 24.7. The second-order valence-electron chi connectivity index (χ2n) is 8.28. The number of anilines is 1. The average Bonchev–Trinajstić information content (AvgIpc) is 3.37. The van der Waals surface area contributed by atoms with Gasteiger partial charge in [-0.2, -0.15) is 0 Å². The lowest BCUT2D eigenvalue weighted by Gasteiger charge is -2.26. The molecule has 0 spiro atoms. The Labute approximate surface area is 204 Å². The highest BCUT2D eigenvalue weighted by molar-refractivity contribution is 7.92. The molecular weight excluding hydrogens is 471 g/mol. The van der Waals surface area contributed by atoms with E-state index in [2.05, 4.69) is 4.72 Å². The third kappa shape index (κ3) is 6.17. The molecule has 3 aromatic carbocycles. The van der Waals surface area contributed by atoms with Crippen molar-refractivity contribution < 1.29 is 27.1 Å². The topological polar surface area (TPSA) is 84.9 Å². The van der Waals surface area contributed by atoms with Gasteiger partial charge in [0.25, 0.3) is 15.9 Å². The van der Waals surface area contributed by atoms with Crippen molar-refractivity contribution in [3.05, 3.63) is 89.7 Å². The zero-order valence-corrected chi connectivity index (χ0v) is 20.1. The molecule has 1 saturated heterocycles. The molecule has 1 atom stereocenters. The molecule has 0 radical (unpaired) electrons. The Morgan fingerprint density at radius 3 is 2.66 bits per heavy atom. The number of nitrogens with one attached hydrogen (secondary N) is 1. The maximum Gasteiger partial charge on any atom is 0.262 e. The minimum Gasteiger partial charge on any atom is -0.495 e. The van der Waals surface area contributed by atoms with Gasteiger partial charge in [-0.15, -0.1) is 0 Å². The van der Waals surface area contributed by atoms with Crippen molar-refractivity contribution >= 4 is 21.6 Å². The van der Waals surface area contributed by atoms with Gasteiger partial charge in [0, 0.05) is 25.3 Å². The fraction of sp³-hybridized carbons (Fsp3) is 0.269. The molecule has 184 valence electrons. The molecule has 3 aromatic rings. The van der Waals surface area contributed by atoms with E-state index in [4.69, 9.17) is 9.47 Å². The van der Waals surface area contributed by atoms with Crippen LogP contribution in [0.3, 0.4) is 0 Å². The number of carbonyl (C=O) groups is 1. The van der Waals surface area contributed by atoms with E-state index < -0.39 is 10.0 Å². The van der Waals surface area contributed by atoms with Gasteiger partial charge < -0.3 is 14.4 Å². The monoisotopic (exact) mass is 498 g/mol. The molecule has 0 bridgehead atoms. The highest BCUT2D eigenvalue weighted by atomic mass is 32.2. The average molecular weight is 499 g/mol. The summed E-state index contributed by atoms with van der Waals surface area (Å²) in [5, 5.41) is 0. The largest absolute Gasteiger partial charge is 0.495 e. The maximum atomic E-state index is 13.8. The van der Waals surface area contributed by atoms with Crippen LogP contribution in [0.2, 0.25) is 0 Å². The van der Waals surface area contributed by atoms with Gasteiger partial charge in [-0.05, 0) is 60.9 Å². The third-order valence-corrected chi connectivity index (χ3v) is 7.10. The summed E-state index contributed by atoms with van der Waals surface area (Å²) < 4.78 is 53.3. The van der Waals surface area contributed by atoms with Crippen LogP contribution in [0.1, 0.15) is 28.8 Å². The Morgan fingerprint density at radius 2 is 1.91 bits per heavy atom. The zero-order chi connectivity index (χ0) is 24.8. The number of benzene rings is 3. The highest BCUT2D eigenvalue weighted by Crippen LogP contribution is 2.27. The van der Waals surface area contributed by atoms with E-state index in [1.807, 2.05) is 0 Å². The molecule has 1 unspecified atom stereocenters. The summed E-state index contributed by atoms with van der Waals surface area (Å²) in [7, 11) is -2.54. The van der Waals surface area contributed by atoms with Crippen molar-refractivity contribution in [2.45, 2.75) is 30.4 Å². The summed E-state index contributed by atoms with van der Waals surface area (Å²) in [6.45, 7) is 1.13. The zero-order valence-electron chi connectivity index (χ0n) is 19.3.